The first kappa shape index (κ1) is 18.4. The van der Waals surface area contributed by atoms with Gasteiger partial charge in [-0.1, -0.05) is 43.3 Å². The third kappa shape index (κ3) is 3.12. The highest BCUT2D eigenvalue weighted by atomic mass is 16.3. The number of nitrogens with one attached hydrogen (secondary N) is 1. The van der Waals surface area contributed by atoms with E-state index in [4.69, 9.17) is 4.42 Å². The van der Waals surface area contributed by atoms with Gasteiger partial charge in [0.15, 0.2) is 0 Å². The number of rotatable bonds is 4. The van der Waals surface area contributed by atoms with Crippen molar-refractivity contribution < 1.29 is 14.0 Å². The molecule has 2 amide bonds. The fraction of sp³-hybridized carbons (Fsp3) is 0.200. The maximum Gasteiger partial charge on any atom is 0.229 e. The summed E-state index contributed by atoms with van der Waals surface area (Å²) in [7, 11) is 0. The quantitative estimate of drug-likeness (QED) is 0.518. The van der Waals surface area contributed by atoms with Gasteiger partial charge in [0.25, 0.3) is 0 Å². The van der Waals surface area contributed by atoms with Gasteiger partial charge in [-0.3, -0.25) is 9.59 Å². The zero-order valence-electron chi connectivity index (χ0n) is 16.7. The fourth-order valence-electron chi connectivity index (χ4n) is 4.24. The fourth-order valence-corrected chi connectivity index (χ4v) is 4.24. The molecule has 3 aromatic carbocycles. The molecule has 5 nitrogen and oxygen atoms in total. The van der Waals surface area contributed by atoms with Crippen LogP contribution < -0.4 is 10.2 Å². The first-order chi connectivity index (χ1) is 14.6. The van der Waals surface area contributed by atoms with Crippen LogP contribution >= 0.6 is 0 Å². The van der Waals surface area contributed by atoms with Crippen LogP contribution in [0.4, 0.5) is 11.4 Å². The highest BCUT2D eigenvalue weighted by Gasteiger charge is 2.35. The van der Waals surface area contributed by atoms with Crippen molar-refractivity contribution in [3.05, 3.63) is 72.3 Å². The molecule has 0 bridgehead atoms. The number of aryl methyl sites for hydroxylation is 1. The Kier molecular flexibility index (Phi) is 4.51. The number of carbonyl (C=O) groups excluding carboxylic acids is 2. The molecule has 0 aliphatic carbocycles. The number of para-hydroxylation sites is 2. The van der Waals surface area contributed by atoms with Crippen molar-refractivity contribution >= 4 is 45.1 Å². The highest BCUT2D eigenvalue weighted by molar-refractivity contribution is 6.07. The predicted octanol–water partition coefficient (Wildman–Crippen LogP) is 5.14. The Labute approximate surface area is 174 Å². The molecule has 5 rings (SSSR count). The lowest BCUT2D eigenvalue weighted by Gasteiger charge is -2.20. The zero-order chi connectivity index (χ0) is 20.7. The number of fused-ring (bicyclic) bond motifs is 3. The number of carbonyl (C=O) groups is 2. The van der Waals surface area contributed by atoms with Crippen LogP contribution in [0.15, 0.2) is 71.1 Å². The largest absolute Gasteiger partial charge is 0.456 e. The second kappa shape index (κ2) is 7.34. The van der Waals surface area contributed by atoms with Crippen LogP contribution in [0.3, 0.4) is 0 Å². The van der Waals surface area contributed by atoms with Crippen LogP contribution in [0.5, 0.6) is 0 Å². The minimum Gasteiger partial charge on any atom is -0.456 e. The Morgan fingerprint density at radius 2 is 1.80 bits per heavy atom. The lowest BCUT2D eigenvalue weighted by atomic mass is 10.1. The normalized spacial score (nSPS) is 16.5. The smallest absolute Gasteiger partial charge is 0.229 e. The van der Waals surface area contributed by atoms with Gasteiger partial charge in [-0.15, -0.1) is 0 Å². The molecule has 0 saturated carbocycles. The SMILES string of the molecule is CCc1ccccc1N1C[C@H](C(=O)Nc2ccc3c(c2)oc2ccccc23)CC1=O. The molecule has 2 heterocycles. The molecule has 150 valence electrons. The van der Waals surface area contributed by atoms with E-state index in [0.717, 1.165) is 39.6 Å². The van der Waals surface area contributed by atoms with Crippen LogP contribution in [0.1, 0.15) is 18.9 Å². The molecule has 0 spiro atoms. The summed E-state index contributed by atoms with van der Waals surface area (Å²) in [5.74, 6) is -0.534. The molecule has 4 aromatic rings. The van der Waals surface area contributed by atoms with Crippen molar-refractivity contribution in [1.82, 2.24) is 0 Å². The van der Waals surface area contributed by atoms with Gasteiger partial charge >= 0.3 is 0 Å². The van der Waals surface area contributed by atoms with E-state index in [-0.39, 0.29) is 24.2 Å². The molecule has 0 unspecified atom stereocenters. The van der Waals surface area contributed by atoms with Gasteiger partial charge in [0.05, 0.1) is 5.92 Å². The molecule has 1 aliphatic rings. The Bertz CT molecular complexity index is 1270. The molecular formula is C25H22N2O3. The van der Waals surface area contributed by atoms with Gasteiger partial charge in [0, 0.05) is 41.2 Å². The van der Waals surface area contributed by atoms with Crippen molar-refractivity contribution in [1.29, 1.82) is 0 Å². The van der Waals surface area contributed by atoms with Crippen molar-refractivity contribution in [2.45, 2.75) is 19.8 Å². The molecule has 1 fully saturated rings. The molecule has 1 aromatic heterocycles. The Hall–Kier alpha value is -3.60. The summed E-state index contributed by atoms with van der Waals surface area (Å²) in [6.45, 7) is 2.46. The minimum atomic E-state index is -0.381. The molecule has 1 N–H and O–H groups in total. The van der Waals surface area contributed by atoms with Crippen molar-refractivity contribution in [2.75, 3.05) is 16.8 Å². The van der Waals surface area contributed by atoms with Crippen LogP contribution in [0.2, 0.25) is 0 Å². The maximum absolute atomic E-state index is 12.9. The van der Waals surface area contributed by atoms with E-state index >= 15 is 0 Å². The number of anilines is 2. The minimum absolute atomic E-state index is 0.0104. The van der Waals surface area contributed by atoms with Gasteiger partial charge in [0.1, 0.15) is 11.2 Å². The molecule has 5 heteroatoms. The van der Waals surface area contributed by atoms with Crippen molar-refractivity contribution in [2.24, 2.45) is 5.92 Å². The Balaban J connectivity index is 1.35. The summed E-state index contributed by atoms with van der Waals surface area (Å²) >= 11 is 0. The van der Waals surface area contributed by atoms with E-state index in [1.165, 1.54) is 0 Å². The number of amides is 2. The Morgan fingerprint density at radius 3 is 2.67 bits per heavy atom. The van der Waals surface area contributed by atoms with Gasteiger partial charge in [-0.05, 0) is 36.2 Å². The first-order valence-electron chi connectivity index (χ1n) is 10.2. The average molecular weight is 398 g/mol. The van der Waals surface area contributed by atoms with Gasteiger partial charge in [-0.25, -0.2) is 0 Å². The average Bonchev–Trinajstić information content (AvgIpc) is 3.33. The number of nitrogens with zero attached hydrogens (tertiary/aromatic N) is 1. The first-order valence-corrected chi connectivity index (χ1v) is 10.2. The molecule has 1 atom stereocenters. The van der Waals surface area contributed by atoms with E-state index in [9.17, 15) is 9.59 Å². The van der Waals surface area contributed by atoms with E-state index in [0.29, 0.717) is 12.2 Å². The lowest BCUT2D eigenvalue weighted by molar-refractivity contribution is -0.122. The maximum atomic E-state index is 12.9. The number of furan rings is 1. The van der Waals surface area contributed by atoms with Crippen LogP contribution in [0.25, 0.3) is 21.9 Å². The third-order valence-electron chi connectivity index (χ3n) is 5.81. The van der Waals surface area contributed by atoms with Gasteiger partial charge in [0.2, 0.25) is 11.8 Å². The van der Waals surface area contributed by atoms with Crippen LogP contribution in [-0.2, 0) is 16.0 Å². The number of hydrogen-bond donors (Lipinski definition) is 1. The number of benzene rings is 3. The van der Waals surface area contributed by atoms with Crippen LogP contribution in [0, 0.1) is 5.92 Å². The summed E-state index contributed by atoms with van der Waals surface area (Å²) in [5.41, 5.74) is 4.25. The summed E-state index contributed by atoms with van der Waals surface area (Å²) in [6, 6.07) is 21.4. The lowest BCUT2D eigenvalue weighted by Crippen LogP contribution is -2.28. The molecule has 30 heavy (non-hydrogen) atoms. The number of hydrogen-bond acceptors (Lipinski definition) is 3. The standard InChI is InChI=1S/C25H22N2O3/c1-2-16-7-3-5-9-21(16)27-15-17(13-24(27)28)25(29)26-18-11-12-20-19-8-4-6-10-22(19)30-23(20)14-18/h3-12,14,17H,2,13,15H2,1H3,(H,26,29)/t17-/m1/s1. The van der Waals surface area contributed by atoms with Crippen molar-refractivity contribution in [3.8, 4) is 0 Å². The second-order valence-corrected chi connectivity index (χ2v) is 7.69. The highest BCUT2D eigenvalue weighted by Crippen LogP contribution is 2.32. The molecule has 0 radical (unpaired) electrons. The van der Waals surface area contributed by atoms with Crippen molar-refractivity contribution in [3.63, 3.8) is 0 Å². The third-order valence-corrected chi connectivity index (χ3v) is 5.81. The summed E-state index contributed by atoms with van der Waals surface area (Å²) in [6.07, 6.45) is 1.06. The van der Waals surface area contributed by atoms with E-state index in [2.05, 4.69) is 12.2 Å². The van der Waals surface area contributed by atoms with Crippen LogP contribution in [-0.4, -0.2) is 18.4 Å². The molecule has 1 aliphatic heterocycles. The molecular weight excluding hydrogens is 376 g/mol. The summed E-state index contributed by atoms with van der Waals surface area (Å²) in [4.78, 5) is 27.2. The molecule has 1 saturated heterocycles. The van der Waals surface area contributed by atoms with Gasteiger partial charge < -0.3 is 14.6 Å². The van der Waals surface area contributed by atoms with E-state index in [1.807, 2.05) is 66.7 Å². The van der Waals surface area contributed by atoms with E-state index in [1.54, 1.807) is 4.90 Å². The zero-order valence-corrected chi connectivity index (χ0v) is 16.7. The van der Waals surface area contributed by atoms with E-state index < -0.39 is 0 Å². The second-order valence-electron chi connectivity index (χ2n) is 7.69. The topological polar surface area (TPSA) is 62.6 Å². The summed E-state index contributed by atoms with van der Waals surface area (Å²) < 4.78 is 5.90. The predicted molar refractivity (Wildman–Crippen MR) is 119 cm³/mol. The van der Waals surface area contributed by atoms with Gasteiger partial charge in [-0.2, -0.15) is 0 Å². The monoisotopic (exact) mass is 398 g/mol. The Morgan fingerprint density at radius 1 is 1.03 bits per heavy atom. The summed E-state index contributed by atoms with van der Waals surface area (Å²) in [5, 5.41) is 5.03.